The molecule has 0 aliphatic heterocycles. The summed E-state index contributed by atoms with van der Waals surface area (Å²) in [7, 11) is 4.73. The number of hydrogen-bond donors (Lipinski definition) is 0. The van der Waals surface area contributed by atoms with Crippen LogP contribution in [0.4, 0.5) is 5.82 Å². The smallest absolute Gasteiger partial charge is 0.215 e. The third-order valence-electron chi connectivity index (χ3n) is 5.66. The lowest BCUT2D eigenvalue weighted by atomic mass is 9.91. The SMILES string of the molecule is COc1cc(CN(C=O)c2c(C3CC=CCC3)nc3ccccn23)cc(OC)c1OC. The van der Waals surface area contributed by atoms with Crippen LogP contribution >= 0.6 is 0 Å². The normalized spacial score (nSPS) is 15.6. The topological polar surface area (TPSA) is 65.3 Å². The number of anilines is 1. The van der Waals surface area contributed by atoms with Gasteiger partial charge in [0.05, 0.1) is 33.6 Å². The molecule has 1 amide bonds. The predicted octanol–water partition coefficient (Wildman–Crippen LogP) is 4.35. The Hall–Kier alpha value is -3.48. The number of carbonyl (C=O) groups excluding carboxylic acids is 1. The maximum atomic E-state index is 12.3. The second-order valence-electron chi connectivity index (χ2n) is 7.50. The fourth-order valence-electron chi connectivity index (χ4n) is 4.19. The van der Waals surface area contributed by atoms with Gasteiger partial charge >= 0.3 is 0 Å². The minimum Gasteiger partial charge on any atom is -0.493 e. The Kier molecular flexibility index (Phi) is 6.11. The number of ether oxygens (including phenoxy) is 3. The zero-order chi connectivity index (χ0) is 21.8. The van der Waals surface area contributed by atoms with Crippen molar-refractivity contribution in [2.24, 2.45) is 0 Å². The maximum Gasteiger partial charge on any atom is 0.215 e. The van der Waals surface area contributed by atoms with Crippen molar-refractivity contribution in [1.82, 2.24) is 9.38 Å². The fourth-order valence-corrected chi connectivity index (χ4v) is 4.19. The summed E-state index contributed by atoms with van der Waals surface area (Å²) in [6.07, 6.45) is 10.2. The van der Waals surface area contributed by atoms with E-state index >= 15 is 0 Å². The van der Waals surface area contributed by atoms with Gasteiger partial charge in [-0.25, -0.2) is 4.98 Å². The van der Waals surface area contributed by atoms with Crippen LogP contribution in [0.25, 0.3) is 5.65 Å². The first-order valence-corrected chi connectivity index (χ1v) is 10.3. The van der Waals surface area contributed by atoms with E-state index in [2.05, 4.69) is 12.2 Å². The van der Waals surface area contributed by atoms with Crippen LogP contribution in [0.2, 0.25) is 0 Å². The fraction of sp³-hybridized carbons (Fsp3) is 0.333. The molecule has 0 spiro atoms. The molecule has 1 aromatic carbocycles. The van der Waals surface area contributed by atoms with Gasteiger partial charge in [-0.3, -0.25) is 14.1 Å². The zero-order valence-electron chi connectivity index (χ0n) is 18.1. The van der Waals surface area contributed by atoms with E-state index < -0.39 is 0 Å². The number of imidazole rings is 1. The van der Waals surface area contributed by atoms with Crippen LogP contribution in [0, 0.1) is 0 Å². The molecule has 7 heteroatoms. The highest BCUT2D eigenvalue weighted by atomic mass is 16.5. The molecule has 2 heterocycles. The minimum atomic E-state index is 0.280. The zero-order valence-corrected chi connectivity index (χ0v) is 18.1. The molecule has 1 aliphatic rings. The highest BCUT2D eigenvalue weighted by Gasteiger charge is 2.26. The molecule has 2 aromatic heterocycles. The Morgan fingerprint density at radius 2 is 1.90 bits per heavy atom. The molecule has 4 rings (SSSR count). The van der Waals surface area contributed by atoms with E-state index in [-0.39, 0.29) is 5.92 Å². The number of carbonyl (C=O) groups is 1. The van der Waals surface area contributed by atoms with Crippen molar-refractivity contribution in [3.8, 4) is 17.2 Å². The standard InChI is InChI=1S/C24H27N3O4/c1-29-19-13-17(14-20(30-2)23(19)31-3)15-26(16-28)24-22(18-9-5-4-6-10-18)25-21-11-7-8-12-27(21)24/h4-5,7-8,11-14,16,18H,6,9-10,15H2,1-3H3. The summed E-state index contributed by atoms with van der Waals surface area (Å²) >= 11 is 0. The summed E-state index contributed by atoms with van der Waals surface area (Å²) in [5.41, 5.74) is 2.65. The van der Waals surface area contributed by atoms with Gasteiger partial charge in [0.1, 0.15) is 11.5 Å². The van der Waals surface area contributed by atoms with Crippen LogP contribution in [0.1, 0.15) is 36.4 Å². The van der Waals surface area contributed by atoms with Crippen molar-refractivity contribution in [2.75, 3.05) is 26.2 Å². The van der Waals surface area contributed by atoms with Gasteiger partial charge in [-0.2, -0.15) is 0 Å². The number of aromatic nitrogens is 2. The van der Waals surface area contributed by atoms with Gasteiger partial charge in [0.15, 0.2) is 11.5 Å². The number of benzene rings is 1. The Labute approximate surface area is 181 Å². The molecule has 0 bridgehead atoms. The van der Waals surface area contributed by atoms with E-state index in [1.807, 2.05) is 40.9 Å². The van der Waals surface area contributed by atoms with Gasteiger partial charge in [0.25, 0.3) is 0 Å². The molecule has 162 valence electrons. The highest BCUT2D eigenvalue weighted by Crippen LogP contribution is 2.40. The number of methoxy groups -OCH3 is 3. The number of allylic oxidation sites excluding steroid dienone is 2. The summed E-state index contributed by atoms with van der Waals surface area (Å²) in [4.78, 5) is 18.9. The van der Waals surface area contributed by atoms with Crippen LogP contribution in [-0.4, -0.2) is 37.1 Å². The number of pyridine rings is 1. The molecule has 7 nitrogen and oxygen atoms in total. The number of rotatable bonds is 8. The second-order valence-corrected chi connectivity index (χ2v) is 7.50. The molecule has 0 N–H and O–H groups in total. The van der Waals surface area contributed by atoms with Gasteiger partial charge in [0, 0.05) is 12.1 Å². The van der Waals surface area contributed by atoms with E-state index in [1.54, 1.807) is 26.2 Å². The molecular weight excluding hydrogens is 394 g/mol. The molecule has 31 heavy (non-hydrogen) atoms. The first kappa shape index (κ1) is 20.8. The van der Waals surface area contributed by atoms with Crippen LogP contribution in [0.15, 0.2) is 48.7 Å². The van der Waals surface area contributed by atoms with Gasteiger partial charge in [-0.05, 0) is 49.1 Å². The lowest BCUT2D eigenvalue weighted by molar-refractivity contribution is -0.107. The van der Waals surface area contributed by atoms with E-state index in [0.717, 1.165) is 48.4 Å². The molecule has 0 saturated heterocycles. The van der Waals surface area contributed by atoms with Crippen molar-refractivity contribution in [1.29, 1.82) is 0 Å². The number of hydrogen-bond acceptors (Lipinski definition) is 5. The van der Waals surface area contributed by atoms with Crippen LogP contribution in [-0.2, 0) is 11.3 Å². The first-order valence-electron chi connectivity index (χ1n) is 10.3. The van der Waals surface area contributed by atoms with Crippen LogP contribution in [0.3, 0.4) is 0 Å². The molecule has 0 saturated carbocycles. The lowest BCUT2D eigenvalue weighted by Gasteiger charge is -2.23. The monoisotopic (exact) mass is 421 g/mol. The van der Waals surface area contributed by atoms with Gasteiger partial charge < -0.3 is 14.2 Å². The minimum absolute atomic E-state index is 0.280. The van der Waals surface area contributed by atoms with Crippen molar-refractivity contribution in [3.05, 3.63) is 59.9 Å². The molecule has 1 aliphatic carbocycles. The summed E-state index contributed by atoms with van der Waals surface area (Å²) in [6.45, 7) is 0.346. The number of nitrogens with zero attached hydrogens (tertiary/aromatic N) is 3. The van der Waals surface area contributed by atoms with Gasteiger partial charge in [-0.15, -0.1) is 0 Å². The largest absolute Gasteiger partial charge is 0.493 e. The third-order valence-corrected chi connectivity index (χ3v) is 5.66. The Morgan fingerprint density at radius 3 is 2.52 bits per heavy atom. The quantitative estimate of drug-likeness (QED) is 0.400. The third kappa shape index (κ3) is 3.95. The summed E-state index contributed by atoms with van der Waals surface area (Å²) in [6, 6.07) is 9.61. The molecular formula is C24H27N3O4. The number of amides is 1. The van der Waals surface area contributed by atoms with E-state index in [0.29, 0.717) is 23.8 Å². The average molecular weight is 421 g/mol. The van der Waals surface area contributed by atoms with E-state index in [9.17, 15) is 4.79 Å². The summed E-state index contributed by atoms with van der Waals surface area (Å²) < 4.78 is 18.4. The number of fused-ring (bicyclic) bond motifs is 1. The maximum absolute atomic E-state index is 12.3. The predicted molar refractivity (Wildman–Crippen MR) is 119 cm³/mol. The van der Waals surface area contributed by atoms with Crippen LogP contribution in [0.5, 0.6) is 17.2 Å². The van der Waals surface area contributed by atoms with E-state index in [4.69, 9.17) is 19.2 Å². The first-order chi connectivity index (χ1) is 15.2. The van der Waals surface area contributed by atoms with Crippen molar-refractivity contribution in [2.45, 2.75) is 31.7 Å². The van der Waals surface area contributed by atoms with Crippen molar-refractivity contribution in [3.63, 3.8) is 0 Å². The van der Waals surface area contributed by atoms with E-state index in [1.165, 1.54) is 0 Å². The Morgan fingerprint density at radius 1 is 1.13 bits per heavy atom. The van der Waals surface area contributed by atoms with Gasteiger partial charge in [-0.1, -0.05) is 18.2 Å². The molecule has 1 unspecified atom stereocenters. The molecule has 0 radical (unpaired) electrons. The van der Waals surface area contributed by atoms with Gasteiger partial charge in [0.2, 0.25) is 12.2 Å². The summed E-state index contributed by atoms with van der Waals surface area (Å²) in [5.74, 6) is 2.72. The molecule has 0 fully saturated rings. The van der Waals surface area contributed by atoms with Crippen molar-refractivity contribution >= 4 is 17.9 Å². The summed E-state index contributed by atoms with van der Waals surface area (Å²) in [5, 5.41) is 0. The van der Waals surface area contributed by atoms with Crippen molar-refractivity contribution < 1.29 is 19.0 Å². The second kappa shape index (κ2) is 9.12. The Balaban J connectivity index is 1.78. The Bertz CT molecular complexity index is 1080. The average Bonchev–Trinajstić information content (AvgIpc) is 3.21. The molecule has 1 atom stereocenters. The van der Waals surface area contributed by atoms with Crippen LogP contribution < -0.4 is 19.1 Å². The lowest BCUT2D eigenvalue weighted by Crippen LogP contribution is -2.24. The highest BCUT2D eigenvalue weighted by molar-refractivity contribution is 5.77. The molecule has 3 aromatic rings.